The molecule has 18 heavy (non-hydrogen) atoms. The Bertz CT molecular complexity index is 450. The van der Waals surface area contributed by atoms with Gasteiger partial charge in [-0.05, 0) is 12.1 Å². The highest BCUT2D eigenvalue weighted by molar-refractivity contribution is 5.97. The molecule has 0 spiro atoms. The van der Waals surface area contributed by atoms with Crippen LogP contribution in [0.2, 0.25) is 0 Å². The molecular formula is C11H16N4O3. The Kier molecular flexibility index (Phi) is 4.47. The predicted octanol–water partition coefficient (Wildman–Crippen LogP) is 0.226. The van der Waals surface area contributed by atoms with E-state index in [1.165, 1.54) is 7.05 Å². The van der Waals surface area contributed by atoms with E-state index >= 15 is 0 Å². The number of hydrogen-bond acceptors (Lipinski definition) is 4. The van der Waals surface area contributed by atoms with Crippen molar-refractivity contribution in [3.8, 4) is 0 Å². The number of nitrogens with two attached hydrogens (primary N) is 1. The van der Waals surface area contributed by atoms with Crippen molar-refractivity contribution in [1.82, 2.24) is 9.88 Å². The second-order valence-corrected chi connectivity index (χ2v) is 3.86. The maximum Gasteiger partial charge on any atom is 0.407 e. The van der Waals surface area contributed by atoms with Crippen molar-refractivity contribution in [1.29, 1.82) is 0 Å². The lowest BCUT2D eigenvalue weighted by atomic mass is 10.2. The van der Waals surface area contributed by atoms with Gasteiger partial charge in [-0.25, -0.2) is 9.78 Å². The average Bonchev–Trinajstić information content (AvgIpc) is 2.35. The van der Waals surface area contributed by atoms with Crippen LogP contribution in [0.3, 0.4) is 0 Å². The number of primary amides is 1. The highest BCUT2D eigenvalue weighted by Gasteiger charge is 2.14. The van der Waals surface area contributed by atoms with Gasteiger partial charge in [-0.2, -0.15) is 0 Å². The maximum atomic E-state index is 11.2. The quantitative estimate of drug-likeness (QED) is 0.781. The lowest BCUT2D eigenvalue weighted by Crippen LogP contribution is -2.35. The van der Waals surface area contributed by atoms with Crippen LogP contribution < -0.4 is 10.6 Å². The van der Waals surface area contributed by atoms with Gasteiger partial charge in [0.1, 0.15) is 5.82 Å². The number of pyridine rings is 1. The van der Waals surface area contributed by atoms with Crippen LogP contribution in [0.5, 0.6) is 0 Å². The summed E-state index contributed by atoms with van der Waals surface area (Å²) in [4.78, 5) is 28.8. The van der Waals surface area contributed by atoms with Crippen LogP contribution in [-0.4, -0.2) is 54.2 Å². The third-order valence-electron chi connectivity index (χ3n) is 2.51. The Labute approximate surface area is 105 Å². The normalized spacial score (nSPS) is 9.89. The zero-order chi connectivity index (χ0) is 13.7. The fourth-order valence-electron chi connectivity index (χ4n) is 1.40. The van der Waals surface area contributed by atoms with Gasteiger partial charge in [0.05, 0.1) is 5.56 Å². The molecule has 0 saturated heterocycles. The van der Waals surface area contributed by atoms with Gasteiger partial charge in [0.2, 0.25) is 0 Å². The van der Waals surface area contributed by atoms with Crippen molar-refractivity contribution < 1.29 is 14.7 Å². The van der Waals surface area contributed by atoms with Crippen LogP contribution in [0.25, 0.3) is 0 Å². The molecule has 0 aliphatic heterocycles. The molecule has 0 atom stereocenters. The first-order valence-electron chi connectivity index (χ1n) is 5.33. The second kappa shape index (κ2) is 5.85. The van der Waals surface area contributed by atoms with E-state index in [0.717, 1.165) is 4.90 Å². The summed E-state index contributed by atoms with van der Waals surface area (Å²) in [7, 11) is 3.20. The number of nitrogens with zero attached hydrogens (tertiary/aromatic N) is 3. The minimum atomic E-state index is -1.00. The Morgan fingerprint density at radius 1 is 1.39 bits per heavy atom. The molecule has 0 aromatic carbocycles. The Hall–Kier alpha value is -2.31. The number of aromatic nitrogens is 1. The SMILES string of the molecule is CN(CCN(C)c1ncccc1C(N)=O)C(=O)O. The molecule has 3 N–H and O–H groups in total. The van der Waals surface area contributed by atoms with Crippen LogP contribution in [0.1, 0.15) is 10.4 Å². The lowest BCUT2D eigenvalue weighted by Gasteiger charge is -2.22. The third-order valence-corrected chi connectivity index (χ3v) is 2.51. The number of likely N-dealkylation sites (N-methyl/N-ethyl adjacent to an activating group) is 2. The van der Waals surface area contributed by atoms with Gasteiger partial charge in [0.15, 0.2) is 0 Å². The fourth-order valence-corrected chi connectivity index (χ4v) is 1.40. The van der Waals surface area contributed by atoms with Crippen LogP contribution in [0, 0.1) is 0 Å². The van der Waals surface area contributed by atoms with Gasteiger partial charge in [0, 0.05) is 33.4 Å². The van der Waals surface area contributed by atoms with E-state index in [9.17, 15) is 9.59 Å². The standard InChI is InChI=1S/C11H16N4O3/c1-14(6-7-15(2)11(17)18)10-8(9(12)16)4-3-5-13-10/h3-5H,6-7H2,1-2H3,(H2,12,16)(H,17,18). The summed E-state index contributed by atoms with van der Waals surface area (Å²) < 4.78 is 0. The monoisotopic (exact) mass is 252 g/mol. The maximum absolute atomic E-state index is 11.2. The largest absolute Gasteiger partial charge is 0.465 e. The number of amides is 2. The number of carbonyl (C=O) groups excluding carboxylic acids is 1. The smallest absolute Gasteiger partial charge is 0.407 e. The minimum absolute atomic E-state index is 0.306. The zero-order valence-electron chi connectivity index (χ0n) is 10.3. The first-order valence-corrected chi connectivity index (χ1v) is 5.33. The van der Waals surface area contributed by atoms with Crippen molar-refractivity contribution >= 4 is 17.8 Å². The third kappa shape index (κ3) is 3.34. The number of carbonyl (C=O) groups is 2. The highest BCUT2D eigenvalue weighted by atomic mass is 16.4. The molecule has 1 aromatic rings. The summed E-state index contributed by atoms with van der Waals surface area (Å²) in [5, 5.41) is 8.73. The Balaban J connectivity index is 2.75. The van der Waals surface area contributed by atoms with Crippen LogP contribution >= 0.6 is 0 Å². The summed E-state index contributed by atoms with van der Waals surface area (Å²) in [6.45, 7) is 0.723. The van der Waals surface area contributed by atoms with Crippen molar-refractivity contribution in [2.45, 2.75) is 0 Å². The first-order chi connectivity index (χ1) is 8.43. The van der Waals surface area contributed by atoms with Crippen molar-refractivity contribution in [2.24, 2.45) is 5.73 Å². The number of anilines is 1. The molecule has 7 heteroatoms. The summed E-state index contributed by atoms with van der Waals surface area (Å²) in [5.41, 5.74) is 5.56. The Morgan fingerprint density at radius 3 is 2.61 bits per heavy atom. The van der Waals surface area contributed by atoms with Crippen LogP contribution in [0.4, 0.5) is 10.6 Å². The molecule has 0 unspecified atom stereocenters. The van der Waals surface area contributed by atoms with Gasteiger partial charge in [0.25, 0.3) is 5.91 Å². The molecule has 98 valence electrons. The summed E-state index contributed by atoms with van der Waals surface area (Å²) in [5.74, 6) is -0.111. The number of hydrogen-bond donors (Lipinski definition) is 2. The number of rotatable bonds is 5. The summed E-state index contributed by atoms with van der Waals surface area (Å²) in [6, 6.07) is 3.21. The topological polar surface area (TPSA) is 99.8 Å². The van der Waals surface area contributed by atoms with Gasteiger partial charge in [-0.15, -0.1) is 0 Å². The van der Waals surface area contributed by atoms with Crippen LogP contribution in [-0.2, 0) is 0 Å². The molecule has 0 fully saturated rings. The van der Waals surface area contributed by atoms with Gasteiger partial charge >= 0.3 is 6.09 Å². The summed E-state index contributed by atoms with van der Waals surface area (Å²) >= 11 is 0. The lowest BCUT2D eigenvalue weighted by molar-refractivity contribution is 0.1000. The fraction of sp³-hybridized carbons (Fsp3) is 0.364. The second-order valence-electron chi connectivity index (χ2n) is 3.86. The van der Waals surface area contributed by atoms with E-state index in [1.807, 2.05) is 0 Å². The molecule has 1 rings (SSSR count). The van der Waals surface area contributed by atoms with Gasteiger partial charge in [-0.3, -0.25) is 4.79 Å². The number of carboxylic acid groups (broad SMARTS) is 1. The molecule has 7 nitrogen and oxygen atoms in total. The van der Waals surface area contributed by atoms with Gasteiger partial charge in [-0.1, -0.05) is 0 Å². The Morgan fingerprint density at radius 2 is 2.06 bits per heavy atom. The van der Waals surface area contributed by atoms with Crippen molar-refractivity contribution in [3.05, 3.63) is 23.9 Å². The van der Waals surface area contributed by atoms with E-state index < -0.39 is 12.0 Å². The van der Waals surface area contributed by atoms with E-state index in [1.54, 1.807) is 30.3 Å². The molecule has 0 aliphatic rings. The molecular weight excluding hydrogens is 236 g/mol. The highest BCUT2D eigenvalue weighted by Crippen LogP contribution is 2.14. The minimum Gasteiger partial charge on any atom is -0.465 e. The molecule has 2 amide bonds. The van der Waals surface area contributed by atoms with Crippen LogP contribution in [0.15, 0.2) is 18.3 Å². The van der Waals surface area contributed by atoms with E-state index in [4.69, 9.17) is 10.8 Å². The van der Waals surface area contributed by atoms with Crippen molar-refractivity contribution in [3.63, 3.8) is 0 Å². The molecule has 1 aromatic heterocycles. The molecule has 0 saturated carbocycles. The van der Waals surface area contributed by atoms with Gasteiger partial charge < -0.3 is 20.6 Å². The molecule has 1 heterocycles. The van der Waals surface area contributed by atoms with E-state index in [2.05, 4.69) is 4.98 Å². The summed E-state index contributed by atoms with van der Waals surface area (Å²) in [6.07, 6.45) is 0.554. The first kappa shape index (κ1) is 13.8. The molecule has 0 radical (unpaired) electrons. The van der Waals surface area contributed by atoms with E-state index in [0.29, 0.717) is 24.5 Å². The molecule has 0 bridgehead atoms. The predicted molar refractivity (Wildman–Crippen MR) is 66.7 cm³/mol. The van der Waals surface area contributed by atoms with Crippen molar-refractivity contribution in [2.75, 3.05) is 32.1 Å². The zero-order valence-corrected chi connectivity index (χ0v) is 10.3. The molecule has 0 aliphatic carbocycles. The van der Waals surface area contributed by atoms with E-state index in [-0.39, 0.29) is 0 Å². The average molecular weight is 252 g/mol.